The van der Waals surface area contributed by atoms with E-state index in [2.05, 4.69) is 13.0 Å². The van der Waals surface area contributed by atoms with Crippen LogP contribution in [0, 0.1) is 13.8 Å². The number of amides is 1. The number of hydrogen-bond donors (Lipinski definition) is 1. The van der Waals surface area contributed by atoms with Crippen molar-refractivity contribution in [1.29, 1.82) is 0 Å². The predicted molar refractivity (Wildman–Crippen MR) is 166 cm³/mol. The van der Waals surface area contributed by atoms with Crippen LogP contribution in [0.5, 0.6) is 11.5 Å². The average molecular weight is 583 g/mol. The van der Waals surface area contributed by atoms with E-state index in [9.17, 15) is 14.7 Å². The van der Waals surface area contributed by atoms with Crippen LogP contribution in [0.2, 0.25) is 0 Å². The van der Waals surface area contributed by atoms with Gasteiger partial charge in [0, 0.05) is 12.0 Å². The quantitative estimate of drug-likeness (QED) is 0.101. The molecule has 0 aliphatic carbocycles. The lowest BCUT2D eigenvalue weighted by molar-refractivity contribution is -0.132. The molecule has 1 aromatic heterocycles. The highest BCUT2D eigenvalue weighted by Gasteiger charge is 2.48. The molecule has 42 heavy (non-hydrogen) atoms. The predicted octanol–water partition coefficient (Wildman–Crippen LogP) is 7.43. The van der Waals surface area contributed by atoms with Gasteiger partial charge in [-0.1, -0.05) is 49.3 Å². The van der Waals surface area contributed by atoms with E-state index in [0.29, 0.717) is 35.0 Å². The van der Waals surface area contributed by atoms with Gasteiger partial charge in [0.2, 0.25) is 0 Å². The van der Waals surface area contributed by atoms with Crippen molar-refractivity contribution in [3.05, 3.63) is 88.0 Å². The summed E-state index contributed by atoms with van der Waals surface area (Å²) < 4.78 is 12.8. The minimum atomic E-state index is -0.880. The Kier molecular flexibility index (Phi) is 7.49. The third kappa shape index (κ3) is 5.04. The van der Waals surface area contributed by atoms with Crippen molar-refractivity contribution in [3.63, 3.8) is 0 Å². The summed E-state index contributed by atoms with van der Waals surface area (Å²) in [4.78, 5) is 33.8. The molecule has 2 unspecified atom stereocenters. The summed E-state index contributed by atoms with van der Waals surface area (Å²) in [7, 11) is 0. The molecule has 3 heterocycles. The number of aliphatic hydroxyl groups excluding tert-OH is 1. The van der Waals surface area contributed by atoms with Gasteiger partial charge in [-0.15, -0.1) is 0 Å². The summed E-state index contributed by atoms with van der Waals surface area (Å²) >= 11 is 1.37. The number of aromatic nitrogens is 1. The lowest BCUT2D eigenvalue weighted by Gasteiger charge is -2.23. The number of hydrogen-bond acceptors (Lipinski definition) is 7. The van der Waals surface area contributed by atoms with E-state index < -0.39 is 17.7 Å². The molecule has 4 aromatic rings. The minimum absolute atomic E-state index is 0.0298. The summed E-state index contributed by atoms with van der Waals surface area (Å²) in [6.45, 7) is 8.71. The highest BCUT2D eigenvalue weighted by Crippen LogP contribution is 2.45. The van der Waals surface area contributed by atoms with Crippen molar-refractivity contribution >= 4 is 44.1 Å². The standard InChI is InChI=1S/C34H34N2O5S/c1-5-6-7-13-40-25-10-8-9-22(18-25)30-28(31(37)23-11-12-26-24(17-23)16-21(4)41-26)32(38)33(39)36(30)34-35-29-20(3)14-19(2)15-27(29)42-34/h8-12,14-15,17-18,21,30,37H,5-7,13,16H2,1-4H3. The first-order valence-electron chi connectivity index (χ1n) is 14.5. The fraction of sp³-hybridized carbons (Fsp3) is 0.324. The molecule has 2 atom stereocenters. The van der Waals surface area contributed by atoms with Crippen LogP contribution in [-0.2, 0) is 16.0 Å². The van der Waals surface area contributed by atoms with E-state index in [1.807, 2.05) is 63.2 Å². The van der Waals surface area contributed by atoms with Crippen molar-refractivity contribution in [2.24, 2.45) is 0 Å². The van der Waals surface area contributed by atoms with Crippen LogP contribution in [0.25, 0.3) is 16.0 Å². The van der Waals surface area contributed by atoms with E-state index in [4.69, 9.17) is 14.5 Å². The zero-order valence-electron chi connectivity index (χ0n) is 24.3. The van der Waals surface area contributed by atoms with Gasteiger partial charge in [0.05, 0.1) is 28.4 Å². The Morgan fingerprint density at radius 1 is 1.12 bits per heavy atom. The molecule has 0 spiro atoms. The Bertz CT molecular complexity index is 1740. The molecule has 216 valence electrons. The van der Waals surface area contributed by atoms with Gasteiger partial charge in [-0.2, -0.15) is 0 Å². The van der Waals surface area contributed by atoms with Crippen molar-refractivity contribution in [2.45, 2.75) is 65.5 Å². The molecular weight excluding hydrogens is 548 g/mol. The summed E-state index contributed by atoms with van der Waals surface area (Å²) in [5.74, 6) is -0.269. The normalized spacial score (nSPS) is 19.4. The summed E-state index contributed by atoms with van der Waals surface area (Å²) in [6.07, 6.45) is 3.84. The topological polar surface area (TPSA) is 89.0 Å². The number of anilines is 1. The van der Waals surface area contributed by atoms with Crippen LogP contribution in [0.1, 0.15) is 67.0 Å². The second kappa shape index (κ2) is 11.2. The number of carbonyl (C=O) groups excluding carboxylic acids is 2. The molecule has 2 aliphatic rings. The first kappa shape index (κ1) is 28.0. The molecular formula is C34H34N2O5S. The van der Waals surface area contributed by atoms with Gasteiger partial charge in [-0.3, -0.25) is 14.5 Å². The highest BCUT2D eigenvalue weighted by molar-refractivity contribution is 7.22. The third-order valence-electron chi connectivity index (χ3n) is 7.83. The molecule has 1 N–H and O–H groups in total. The van der Waals surface area contributed by atoms with Gasteiger partial charge >= 0.3 is 5.91 Å². The largest absolute Gasteiger partial charge is 0.507 e. The molecule has 8 heteroatoms. The maximum atomic E-state index is 13.8. The number of ketones is 1. The van der Waals surface area contributed by atoms with Crippen LogP contribution in [0.15, 0.2) is 60.2 Å². The van der Waals surface area contributed by atoms with Crippen LogP contribution in [0.4, 0.5) is 5.13 Å². The molecule has 2 aliphatic heterocycles. The number of rotatable bonds is 8. The molecule has 6 rings (SSSR count). The molecule has 1 fully saturated rings. The molecule has 3 aromatic carbocycles. The second-order valence-corrected chi connectivity index (χ2v) is 12.2. The highest BCUT2D eigenvalue weighted by atomic mass is 32.1. The Morgan fingerprint density at radius 3 is 2.76 bits per heavy atom. The molecule has 1 saturated heterocycles. The smallest absolute Gasteiger partial charge is 0.301 e. The lowest BCUT2D eigenvalue weighted by Crippen LogP contribution is -2.29. The average Bonchev–Trinajstić information content (AvgIpc) is 3.63. The van der Waals surface area contributed by atoms with Crippen LogP contribution < -0.4 is 14.4 Å². The number of fused-ring (bicyclic) bond motifs is 2. The van der Waals surface area contributed by atoms with Crippen molar-refractivity contribution in [1.82, 2.24) is 4.98 Å². The monoisotopic (exact) mass is 582 g/mol. The molecule has 7 nitrogen and oxygen atoms in total. The van der Waals surface area contributed by atoms with E-state index in [0.717, 1.165) is 51.9 Å². The van der Waals surface area contributed by atoms with Crippen molar-refractivity contribution in [3.8, 4) is 11.5 Å². The van der Waals surface area contributed by atoms with Gasteiger partial charge in [-0.05, 0) is 85.8 Å². The van der Waals surface area contributed by atoms with Gasteiger partial charge < -0.3 is 14.6 Å². The number of unbranched alkanes of at least 4 members (excludes halogenated alkanes) is 2. The van der Waals surface area contributed by atoms with E-state index >= 15 is 0 Å². The number of carbonyl (C=O) groups is 2. The lowest BCUT2D eigenvalue weighted by atomic mass is 9.94. The van der Waals surface area contributed by atoms with E-state index in [1.54, 1.807) is 6.07 Å². The Hall–Kier alpha value is -4.17. The first-order chi connectivity index (χ1) is 20.2. The first-order valence-corrected chi connectivity index (χ1v) is 15.3. The molecule has 1 amide bonds. The zero-order chi connectivity index (χ0) is 29.5. The van der Waals surface area contributed by atoms with Crippen molar-refractivity contribution < 1.29 is 24.2 Å². The van der Waals surface area contributed by atoms with Gasteiger partial charge in [0.1, 0.15) is 23.4 Å². The molecule has 0 radical (unpaired) electrons. The fourth-order valence-electron chi connectivity index (χ4n) is 5.85. The number of ether oxygens (including phenoxy) is 2. The van der Waals surface area contributed by atoms with Gasteiger partial charge in [0.25, 0.3) is 5.78 Å². The summed E-state index contributed by atoms with van der Waals surface area (Å²) in [6, 6.07) is 16.0. The molecule has 0 saturated carbocycles. The van der Waals surface area contributed by atoms with E-state index in [-0.39, 0.29) is 17.4 Å². The number of aryl methyl sites for hydroxylation is 2. The summed E-state index contributed by atoms with van der Waals surface area (Å²) in [5, 5.41) is 12.1. The Balaban J connectivity index is 1.49. The SMILES string of the molecule is CCCCCOc1cccc(C2C(=C(O)c3ccc4c(c3)CC(C)O4)C(=O)C(=O)N2c2nc3c(C)cc(C)cc3s2)c1. The fourth-order valence-corrected chi connectivity index (χ4v) is 7.02. The maximum absolute atomic E-state index is 13.8. The number of nitrogens with zero attached hydrogens (tertiary/aromatic N) is 2. The molecule has 0 bridgehead atoms. The van der Waals surface area contributed by atoms with Crippen LogP contribution in [-0.4, -0.2) is 34.5 Å². The Morgan fingerprint density at radius 2 is 1.95 bits per heavy atom. The third-order valence-corrected chi connectivity index (χ3v) is 8.83. The number of aliphatic hydroxyl groups is 1. The van der Waals surface area contributed by atoms with Gasteiger partial charge in [-0.25, -0.2) is 4.98 Å². The van der Waals surface area contributed by atoms with Gasteiger partial charge in [0.15, 0.2) is 5.13 Å². The second-order valence-electron chi connectivity index (χ2n) is 11.2. The zero-order valence-corrected chi connectivity index (χ0v) is 25.1. The van der Waals surface area contributed by atoms with Crippen LogP contribution >= 0.6 is 11.3 Å². The number of thiazole rings is 1. The van der Waals surface area contributed by atoms with E-state index in [1.165, 1.54) is 16.2 Å². The summed E-state index contributed by atoms with van der Waals surface area (Å²) in [5.41, 5.74) is 5.00. The van der Waals surface area contributed by atoms with Crippen LogP contribution in [0.3, 0.4) is 0 Å². The number of Topliss-reactive ketones (excluding diaryl/α,β-unsaturated/α-hetero) is 1. The maximum Gasteiger partial charge on any atom is 0.301 e. The van der Waals surface area contributed by atoms with Crippen molar-refractivity contribution in [2.75, 3.05) is 11.5 Å². The minimum Gasteiger partial charge on any atom is -0.507 e. The number of benzene rings is 3. The Labute approximate surface area is 249 Å².